The summed E-state index contributed by atoms with van der Waals surface area (Å²) >= 11 is 0. The fraction of sp³-hybridized carbons (Fsp3) is 0.296. The van der Waals surface area contributed by atoms with E-state index in [4.69, 9.17) is 9.47 Å². The van der Waals surface area contributed by atoms with Crippen LogP contribution in [0.5, 0.6) is 0 Å². The van der Waals surface area contributed by atoms with Crippen molar-refractivity contribution in [3.05, 3.63) is 97.1 Å². The van der Waals surface area contributed by atoms with Crippen LogP contribution in [0.1, 0.15) is 17.5 Å². The van der Waals surface area contributed by atoms with Crippen LogP contribution < -0.4 is 0 Å². The van der Waals surface area contributed by atoms with E-state index >= 15 is 0 Å². The van der Waals surface area contributed by atoms with Crippen LogP contribution >= 0.6 is 0 Å². The lowest BCUT2D eigenvalue weighted by molar-refractivity contribution is -0.133. The molecule has 2 aromatic rings. The third-order valence-corrected chi connectivity index (χ3v) is 5.57. The van der Waals surface area contributed by atoms with Gasteiger partial charge in [0, 0.05) is 13.1 Å². The highest BCUT2D eigenvalue weighted by molar-refractivity contribution is 5.95. The molecule has 1 aliphatic heterocycles. The van der Waals surface area contributed by atoms with Crippen molar-refractivity contribution in [1.29, 1.82) is 0 Å². The normalized spacial score (nSPS) is 15.8. The zero-order valence-electron chi connectivity index (χ0n) is 19.2. The first-order chi connectivity index (χ1) is 16.5. The molecule has 0 radical (unpaired) electrons. The SMILES string of the molecule is C=CCC(CN(CC=C)C(=O)OCc1ccccc1)C(=O)N1C(=O)OCC1Cc1ccccc1. The van der Waals surface area contributed by atoms with Crippen LogP contribution in [0.15, 0.2) is 86.0 Å². The van der Waals surface area contributed by atoms with Crippen molar-refractivity contribution in [2.45, 2.75) is 25.5 Å². The summed E-state index contributed by atoms with van der Waals surface area (Å²) in [6, 6.07) is 18.6. The van der Waals surface area contributed by atoms with Crippen LogP contribution in [0, 0.1) is 5.92 Å². The minimum atomic E-state index is -0.675. The number of ether oxygens (including phenoxy) is 2. The van der Waals surface area contributed by atoms with Crippen molar-refractivity contribution < 1.29 is 23.9 Å². The summed E-state index contributed by atoms with van der Waals surface area (Å²) in [5, 5.41) is 0. The Morgan fingerprint density at radius 2 is 1.71 bits per heavy atom. The molecule has 3 rings (SSSR count). The summed E-state index contributed by atoms with van der Waals surface area (Å²) in [7, 11) is 0. The second kappa shape index (κ2) is 12.4. The van der Waals surface area contributed by atoms with Crippen molar-refractivity contribution in [2.75, 3.05) is 19.7 Å². The van der Waals surface area contributed by atoms with Gasteiger partial charge in [-0.1, -0.05) is 72.8 Å². The van der Waals surface area contributed by atoms with E-state index in [1.807, 2.05) is 60.7 Å². The lowest BCUT2D eigenvalue weighted by Crippen LogP contribution is -2.47. The van der Waals surface area contributed by atoms with Gasteiger partial charge in [0.05, 0.1) is 12.0 Å². The van der Waals surface area contributed by atoms with Gasteiger partial charge in [-0.25, -0.2) is 14.5 Å². The molecule has 1 heterocycles. The Kier molecular flexibility index (Phi) is 9.03. The topological polar surface area (TPSA) is 76.2 Å². The van der Waals surface area contributed by atoms with Gasteiger partial charge < -0.3 is 14.4 Å². The number of benzene rings is 2. The average molecular weight is 463 g/mol. The molecule has 0 spiro atoms. The minimum absolute atomic E-state index is 0.0618. The summed E-state index contributed by atoms with van der Waals surface area (Å²) in [5.74, 6) is -1.07. The van der Waals surface area contributed by atoms with Crippen LogP contribution in [0.3, 0.4) is 0 Å². The van der Waals surface area contributed by atoms with Crippen molar-refractivity contribution in [3.63, 3.8) is 0 Å². The molecular weight excluding hydrogens is 432 g/mol. The molecule has 7 heteroatoms. The molecule has 0 aromatic heterocycles. The minimum Gasteiger partial charge on any atom is -0.447 e. The Labute approximate surface area is 200 Å². The molecule has 34 heavy (non-hydrogen) atoms. The molecule has 0 saturated carbocycles. The molecule has 7 nitrogen and oxygen atoms in total. The van der Waals surface area contributed by atoms with Gasteiger partial charge in [-0.05, 0) is 24.0 Å². The lowest BCUT2D eigenvalue weighted by Gasteiger charge is -2.28. The number of hydrogen-bond acceptors (Lipinski definition) is 5. The van der Waals surface area contributed by atoms with Gasteiger partial charge in [0.15, 0.2) is 0 Å². The van der Waals surface area contributed by atoms with Crippen LogP contribution in [0.4, 0.5) is 9.59 Å². The summed E-state index contributed by atoms with van der Waals surface area (Å²) in [6.07, 6.45) is 2.74. The van der Waals surface area contributed by atoms with Gasteiger partial charge in [0.2, 0.25) is 5.91 Å². The number of imide groups is 1. The van der Waals surface area contributed by atoms with Crippen LogP contribution in [0.25, 0.3) is 0 Å². The molecular formula is C27H30N2O5. The van der Waals surface area contributed by atoms with Crippen molar-refractivity contribution in [2.24, 2.45) is 5.92 Å². The number of allylic oxidation sites excluding steroid dienone is 1. The first-order valence-electron chi connectivity index (χ1n) is 11.2. The van der Waals surface area contributed by atoms with Gasteiger partial charge in [-0.3, -0.25) is 4.79 Å². The summed E-state index contributed by atoms with van der Waals surface area (Å²) in [6.45, 7) is 7.97. The molecule has 3 amide bonds. The molecule has 1 fully saturated rings. The maximum absolute atomic E-state index is 13.5. The first kappa shape index (κ1) is 24.8. The highest BCUT2D eigenvalue weighted by Crippen LogP contribution is 2.22. The summed E-state index contributed by atoms with van der Waals surface area (Å²) in [5.41, 5.74) is 1.86. The molecule has 1 aliphatic rings. The van der Waals surface area contributed by atoms with E-state index in [1.54, 1.807) is 12.2 Å². The quantitative estimate of drug-likeness (QED) is 0.457. The Balaban J connectivity index is 1.70. The fourth-order valence-electron chi connectivity index (χ4n) is 3.87. The molecule has 2 aromatic carbocycles. The number of amides is 3. The number of hydrogen-bond donors (Lipinski definition) is 0. The van der Waals surface area contributed by atoms with Gasteiger partial charge in [0.25, 0.3) is 0 Å². The van der Waals surface area contributed by atoms with E-state index in [1.165, 1.54) is 9.80 Å². The summed E-state index contributed by atoms with van der Waals surface area (Å²) < 4.78 is 10.7. The monoisotopic (exact) mass is 462 g/mol. The first-order valence-corrected chi connectivity index (χ1v) is 11.2. The van der Waals surface area contributed by atoms with Gasteiger partial charge in [-0.2, -0.15) is 0 Å². The predicted octanol–water partition coefficient (Wildman–Crippen LogP) is 4.59. The number of rotatable bonds is 11. The second-order valence-electron chi connectivity index (χ2n) is 8.08. The largest absolute Gasteiger partial charge is 0.447 e. The Morgan fingerprint density at radius 1 is 1.06 bits per heavy atom. The number of nitrogens with zero attached hydrogens (tertiary/aromatic N) is 2. The highest BCUT2D eigenvalue weighted by Gasteiger charge is 2.41. The lowest BCUT2D eigenvalue weighted by atomic mass is 10.00. The maximum atomic E-state index is 13.5. The fourth-order valence-corrected chi connectivity index (χ4v) is 3.87. The molecule has 0 aliphatic carbocycles. The molecule has 2 unspecified atom stereocenters. The third kappa shape index (κ3) is 6.57. The molecule has 0 N–H and O–H groups in total. The van der Waals surface area contributed by atoms with Gasteiger partial charge in [0.1, 0.15) is 13.2 Å². The van der Waals surface area contributed by atoms with Crippen molar-refractivity contribution >= 4 is 18.1 Å². The molecule has 2 atom stereocenters. The molecule has 1 saturated heterocycles. The standard InChI is InChI=1S/C27H30N2O5/c1-3-11-23(18-28(16-4-2)26(31)33-19-22-14-9-6-10-15-22)25(30)29-24(20-34-27(29)32)17-21-12-7-5-8-13-21/h3-10,12-15,23-24H,1-2,11,16-20H2. The van der Waals surface area contributed by atoms with Crippen LogP contribution in [-0.4, -0.2) is 53.6 Å². The van der Waals surface area contributed by atoms with E-state index in [0.717, 1.165) is 11.1 Å². The predicted molar refractivity (Wildman–Crippen MR) is 129 cm³/mol. The number of carbonyl (C=O) groups excluding carboxylic acids is 3. The summed E-state index contributed by atoms with van der Waals surface area (Å²) in [4.78, 5) is 41.3. The second-order valence-corrected chi connectivity index (χ2v) is 8.08. The molecule has 178 valence electrons. The van der Waals surface area contributed by atoms with E-state index in [0.29, 0.717) is 12.8 Å². The van der Waals surface area contributed by atoms with E-state index < -0.39 is 30.1 Å². The number of carbonyl (C=O) groups is 3. The zero-order chi connectivity index (χ0) is 24.3. The highest BCUT2D eigenvalue weighted by atomic mass is 16.6. The smallest absolute Gasteiger partial charge is 0.416 e. The van der Waals surface area contributed by atoms with Gasteiger partial charge >= 0.3 is 12.2 Å². The van der Waals surface area contributed by atoms with Gasteiger partial charge in [-0.15, -0.1) is 13.2 Å². The van der Waals surface area contributed by atoms with Crippen LogP contribution in [-0.2, 0) is 27.3 Å². The Morgan fingerprint density at radius 3 is 2.32 bits per heavy atom. The van der Waals surface area contributed by atoms with Crippen molar-refractivity contribution in [1.82, 2.24) is 9.80 Å². The Hall–Kier alpha value is -3.87. The maximum Gasteiger partial charge on any atom is 0.416 e. The van der Waals surface area contributed by atoms with Crippen molar-refractivity contribution in [3.8, 4) is 0 Å². The number of cyclic esters (lactones) is 1. The van der Waals surface area contributed by atoms with Crippen LogP contribution in [0.2, 0.25) is 0 Å². The molecule has 0 bridgehead atoms. The third-order valence-electron chi connectivity index (χ3n) is 5.57. The average Bonchev–Trinajstić information content (AvgIpc) is 3.22. The zero-order valence-corrected chi connectivity index (χ0v) is 19.2. The Bertz CT molecular complexity index is 993. The van der Waals surface area contributed by atoms with E-state index in [9.17, 15) is 14.4 Å². The van der Waals surface area contributed by atoms with E-state index in [2.05, 4.69) is 13.2 Å². The van der Waals surface area contributed by atoms with E-state index in [-0.39, 0.29) is 26.3 Å².